The zero-order valence-corrected chi connectivity index (χ0v) is 22.3. The molecular formula is C30H35N4O3+. The highest BCUT2D eigenvalue weighted by Crippen LogP contribution is 2.38. The molecule has 1 amide bonds. The third-order valence-corrected chi connectivity index (χ3v) is 6.84. The van der Waals surface area contributed by atoms with Crippen molar-refractivity contribution in [3.8, 4) is 11.5 Å². The van der Waals surface area contributed by atoms with Gasteiger partial charge in [-0.05, 0) is 54.0 Å². The number of methoxy groups -OCH3 is 2. The fraction of sp³-hybridized carbons (Fsp3) is 0.300. The number of rotatable bonds is 8. The quantitative estimate of drug-likeness (QED) is 0.444. The second kappa shape index (κ2) is 11.0. The molecule has 0 radical (unpaired) electrons. The third-order valence-electron chi connectivity index (χ3n) is 6.84. The van der Waals surface area contributed by atoms with Gasteiger partial charge in [-0.1, -0.05) is 25.6 Å². The van der Waals surface area contributed by atoms with E-state index in [1.807, 2.05) is 53.9 Å². The van der Waals surface area contributed by atoms with E-state index in [0.29, 0.717) is 29.7 Å². The highest BCUT2D eigenvalue weighted by atomic mass is 16.5. The summed E-state index contributed by atoms with van der Waals surface area (Å²) in [5, 5.41) is 0. The predicted molar refractivity (Wildman–Crippen MR) is 147 cm³/mol. The first-order valence-electron chi connectivity index (χ1n) is 12.4. The summed E-state index contributed by atoms with van der Waals surface area (Å²) in [6, 6.07) is 15.8. The van der Waals surface area contributed by atoms with Gasteiger partial charge in [0.05, 0.1) is 33.5 Å². The average Bonchev–Trinajstić information content (AvgIpc) is 3.21. The van der Waals surface area contributed by atoms with Crippen molar-refractivity contribution in [1.29, 1.82) is 0 Å². The van der Waals surface area contributed by atoms with Crippen molar-refractivity contribution in [2.24, 2.45) is 9.98 Å². The molecule has 4 rings (SSSR count). The summed E-state index contributed by atoms with van der Waals surface area (Å²) < 4.78 is 11.0. The Labute approximate surface area is 219 Å². The SMILES string of the molecule is C=C1C2=C(N=CCC(CC)=C1N(Cc1ccc(OC)cc1)C(C)=O)[N+](C)(Cc1ccc(OC)cc1)C=N2. The molecule has 0 N–H and O–H groups in total. The molecule has 0 saturated heterocycles. The summed E-state index contributed by atoms with van der Waals surface area (Å²) in [6.45, 7) is 9.27. The highest BCUT2D eigenvalue weighted by Gasteiger charge is 2.38. The smallest absolute Gasteiger partial charge is 0.260 e. The van der Waals surface area contributed by atoms with Crippen molar-refractivity contribution in [2.45, 2.75) is 39.8 Å². The second-order valence-electron chi connectivity index (χ2n) is 9.44. The van der Waals surface area contributed by atoms with Crippen LogP contribution < -0.4 is 9.47 Å². The fourth-order valence-electron chi connectivity index (χ4n) is 4.76. The van der Waals surface area contributed by atoms with Crippen LogP contribution in [0.2, 0.25) is 0 Å². The average molecular weight is 500 g/mol. The van der Waals surface area contributed by atoms with Crippen LogP contribution in [-0.2, 0) is 17.9 Å². The first-order chi connectivity index (χ1) is 17.8. The largest absolute Gasteiger partial charge is 0.497 e. The van der Waals surface area contributed by atoms with Crippen LogP contribution in [0.25, 0.3) is 0 Å². The zero-order valence-electron chi connectivity index (χ0n) is 22.3. The Morgan fingerprint density at radius 1 is 1.00 bits per heavy atom. The van der Waals surface area contributed by atoms with E-state index in [1.165, 1.54) is 0 Å². The molecule has 0 aliphatic carbocycles. The molecule has 2 aliphatic rings. The highest BCUT2D eigenvalue weighted by molar-refractivity contribution is 5.79. The van der Waals surface area contributed by atoms with Gasteiger partial charge in [-0.25, -0.2) is 9.48 Å². The van der Waals surface area contributed by atoms with Gasteiger partial charge in [0.25, 0.3) is 5.82 Å². The Morgan fingerprint density at radius 2 is 1.59 bits per heavy atom. The van der Waals surface area contributed by atoms with Gasteiger partial charge in [-0.3, -0.25) is 4.79 Å². The lowest BCUT2D eigenvalue weighted by molar-refractivity contribution is -0.786. The lowest BCUT2D eigenvalue weighted by atomic mass is 9.97. The molecule has 0 bridgehead atoms. The van der Waals surface area contributed by atoms with E-state index in [2.05, 4.69) is 32.7 Å². The summed E-state index contributed by atoms with van der Waals surface area (Å²) in [5.74, 6) is 2.38. The minimum absolute atomic E-state index is 0.0463. The van der Waals surface area contributed by atoms with Crippen LogP contribution in [0, 0.1) is 0 Å². The van der Waals surface area contributed by atoms with Crippen LogP contribution in [0.1, 0.15) is 37.8 Å². The Hall–Kier alpha value is -3.97. The molecule has 192 valence electrons. The second-order valence-corrected chi connectivity index (χ2v) is 9.44. The van der Waals surface area contributed by atoms with E-state index in [1.54, 1.807) is 21.1 Å². The molecule has 2 aromatic carbocycles. The summed E-state index contributed by atoms with van der Waals surface area (Å²) in [5.41, 5.74) is 5.53. The van der Waals surface area contributed by atoms with E-state index in [-0.39, 0.29) is 5.91 Å². The van der Waals surface area contributed by atoms with Gasteiger partial charge >= 0.3 is 0 Å². The monoisotopic (exact) mass is 499 g/mol. The minimum atomic E-state index is -0.0463. The fourth-order valence-corrected chi connectivity index (χ4v) is 4.76. The number of allylic oxidation sites excluding steroid dienone is 1. The number of ether oxygens (including phenoxy) is 2. The summed E-state index contributed by atoms with van der Waals surface area (Å²) in [6.07, 6.45) is 5.26. The van der Waals surface area contributed by atoms with Crippen LogP contribution in [0.5, 0.6) is 11.5 Å². The number of quaternary nitrogens is 1. The standard InChI is InChI=1S/C30H35N4O3/c1-7-25-16-17-31-30-28(32-20-34(30,4)19-24-10-14-27(37-6)15-11-24)21(2)29(25)33(22(3)35)18-23-8-12-26(36-5)13-9-23/h8-15,17,20H,2,7,16,18-19H2,1,3-6H3/q+1. The summed E-state index contributed by atoms with van der Waals surface area (Å²) in [7, 11) is 5.40. The van der Waals surface area contributed by atoms with Crippen molar-refractivity contribution in [3.05, 3.63) is 94.6 Å². The van der Waals surface area contributed by atoms with Crippen LogP contribution in [-0.4, -0.2) is 49.1 Å². The lowest BCUT2D eigenvalue weighted by Gasteiger charge is -2.30. The Kier molecular flexibility index (Phi) is 7.74. The van der Waals surface area contributed by atoms with Gasteiger partial charge in [0.2, 0.25) is 5.91 Å². The number of benzene rings is 2. The number of hydrogen-bond donors (Lipinski definition) is 0. The normalized spacial score (nSPS) is 19.0. The maximum absolute atomic E-state index is 13.0. The first kappa shape index (κ1) is 26.1. The first-order valence-corrected chi connectivity index (χ1v) is 12.4. The molecule has 7 heteroatoms. The van der Waals surface area contributed by atoms with E-state index < -0.39 is 0 Å². The lowest BCUT2D eigenvalue weighted by Crippen LogP contribution is -2.38. The number of aliphatic imine (C=N–C) groups is 2. The summed E-state index contributed by atoms with van der Waals surface area (Å²) >= 11 is 0. The van der Waals surface area contributed by atoms with Gasteiger partial charge in [0.15, 0.2) is 12.0 Å². The molecule has 1 unspecified atom stereocenters. The summed E-state index contributed by atoms with van der Waals surface area (Å²) in [4.78, 5) is 24.5. The van der Waals surface area contributed by atoms with Crippen LogP contribution in [0.3, 0.4) is 0 Å². The van der Waals surface area contributed by atoms with Crippen molar-refractivity contribution >= 4 is 18.5 Å². The van der Waals surface area contributed by atoms with Crippen LogP contribution in [0.4, 0.5) is 0 Å². The number of nitrogens with zero attached hydrogens (tertiary/aromatic N) is 4. The van der Waals surface area contributed by atoms with Crippen molar-refractivity contribution in [1.82, 2.24) is 4.90 Å². The number of amides is 1. The zero-order chi connectivity index (χ0) is 26.6. The maximum Gasteiger partial charge on any atom is 0.260 e. The van der Waals surface area contributed by atoms with Crippen LogP contribution in [0.15, 0.2) is 93.5 Å². The molecule has 0 spiro atoms. The van der Waals surface area contributed by atoms with Gasteiger partial charge in [-0.15, -0.1) is 0 Å². The van der Waals surface area contributed by atoms with E-state index in [0.717, 1.165) is 51.7 Å². The van der Waals surface area contributed by atoms with E-state index in [4.69, 9.17) is 19.5 Å². The predicted octanol–water partition coefficient (Wildman–Crippen LogP) is 5.60. The molecule has 0 saturated carbocycles. The molecule has 0 aromatic heterocycles. The number of carbonyl (C=O) groups is 1. The topological polar surface area (TPSA) is 63.5 Å². The van der Waals surface area contributed by atoms with Gasteiger partial charge in [-0.2, -0.15) is 4.99 Å². The minimum Gasteiger partial charge on any atom is -0.497 e. The number of hydrogen-bond acceptors (Lipinski definition) is 5. The Bertz CT molecular complexity index is 1300. The Morgan fingerprint density at radius 3 is 2.14 bits per heavy atom. The molecule has 0 fully saturated rings. The van der Waals surface area contributed by atoms with Crippen molar-refractivity contribution < 1.29 is 18.8 Å². The van der Waals surface area contributed by atoms with Crippen LogP contribution >= 0.6 is 0 Å². The third kappa shape index (κ3) is 5.42. The molecule has 2 aromatic rings. The molecular weight excluding hydrogens is 464 g/mol. The van der Waals surface area contributed by atoms with Crippen molar-refractivity contribution in [3.63, 3.8) is 0 Å². The molecule has 7 nitrogen and oxygen atoms in total. The van der Waals surface area contributed by atoms with E-state index >= 15 is 0 Å². The Balaban J connectivity index is 1.71. The molecule has 1 atom stereocenters. The van der Waals surface area contributed by atoms with E-state index in [9.17, 15) is 4.79 Å². The van der Waals surface area contributed by atoms with Gasteiger partial charge in [0, 0.05) is 30.7 Å². The maximum atomic E-state index is 13.0. The molecule has 2 heterocycles. The van der Waals surface area contributed by atoms with Gasteiger partial charge in [0.1, 0.15) is 18.0 Å². The molecule has 2 aliphatic heterocycles. The van der Waals surface area contributed by atoms with Gasteiger partial charge < -0.3 is 14.4 Å². The number of carbonyl (C=O) groups excluding carboxylic acids is 1. The molecule has 37 heavy (non-hydrogen) atoms. The van der Waals surface area contributed by atoms with Crippen molar-refractivity contribution in [2.75, 3.05) is 21.3 Å².